The molecule has 0 aromatic heterocycles. The van der Waals surface area contributed by atoms with Crippen molar-refractivity contribution >= 4 is 36.6 Å². The second kappa shape index (κ2) is 5.85. The van der Waals surface area contributed by atoms with Gasteiger partial charge in [0, 0.05) is 20.8 Å². The van der Waals surface area contributed by atoms with Gasteiger partial charge < -0.3 is 13.9 Å². The maximum atomic E-state index is 10.8. The molecular weight excluding hydrogens is 256 g/mol. The lowest BCUT2D eigenvalue weighted by Crippen LogP contribution is -2.48. The molecule has 0 aromatic carbocycles. The second-order valence-electron chi connectivity index (χ2n) is 3.13. The van der Waals surface area contributed by atoms with Crippen LogP contribution in [-0.4, -0.2) is 31.4 Å². The van der Waals surface area contributed by atoms with E-state index in [0.717, 1.165) is 20.8 Å². The average molecular weight is 269 g/mol. The highest BCUT2D eigenvalue weighted by molar-refractivity contribution is 7.17. The summed E-state index contributed by atoms with van der Waals surface area (Å²) in [4.78, 5) is 32.3. The number of hydrogen-bond acceptors (Lipinski definition) is 6. The third-order valence-corrected chi connectivity index (χ3v) is 3.84. The van der Waals surface area contributed by atoms with Gasteiger partial charge in [-0.3, -0.25) is 14.4 Å². The lowest BCUT2D eigenvalue weighted by Gasteiger charge is -2.26. The van der Waals surface area contributed by atoms with Crippen molar-refractivity contribution in [2.24, 2.45) is 0 Å². The van der Waals surface area contributed by atoms with E-state index < -0.39 is 31.4 Å². The van der Waals surface area contributed by atoms with E-state index in [1.807, 2.05) is 0 Å². The van der Waals surface area contributed by atoms with Crippen LogP contribution in [-0.2, 0) is 28.3 Å². The van der Waals surface area contributed by atoms with Crippen molar-refractivity contribution in [3.63, 3.8) is 0 Å². The molecule has 0 aliphatic heterocycles. The first kappa shape index (κ1) is 14.9. The van der Waals surface area contributed by atoms with Crippen molar-refractivity contribution < 1.29 is 28.3 Å². The van der Waals surface area contributed by atoms with Crippen LogP contribution in [0.15, 0.2) is 0 Å². The largest absolute Gasteiger partial charge is 0.498 e. The number of hydrogen-bond donors (Lipinski definition) is 0. The van der Waals surface area contributed by atoms with E-state index in [-0.39, 0.29) is 0 Å². The van der Waals surface area contributed by atoms with Crippen LogP contribution >= 0.6 is 11.1 Å². The Morgan fingerprint density at radius 2 is 1.38 bits per heavy atom. The number of ether oxygens (including phenoxy) is 2. The van der Waals surface area contributed by atoms with Gasteiger partial charge in [-0.15, -0.1) is 11.1 Å². The highest BCUT2D eigenvalue weighted by Gasteiger charge is 2.46. The quantitative estimate of drug-likeness (QED) is 0.326. The fourth-order valence-corrected chi connectivity index (χ4v) is 2.87. The van der Waals surface area contributed by atoms with Gasteiger partial charge in [-0.05, 0) is 6.55 Å². The van der Waals surface area contributed by atoms with Crippen LogP contribution in [0.4, 0.5) is 0 Å². The van der Waals surface area contributed by atoms with E-state index in [1.165, 1.54) is 6.55 Å². The SMILES string of the molecule is CC(=O)OC(OC(C)=O)[Si](C)(Cl)OC(C)=O. The van der Waals surface area contributed by atoms with Crippen molar-refractivity contribution in [2.75, 3.05) is 0 Å². The van der Waals surface area contributed by atoms with Crippen molar-refractivity contribution in [2.45, 2.75) is 33.2 Å². The molecule has 1 atom stereocenters. The minimum absolute atomic E-state index is 0.631. The summed E-state index contributed by atoms with van der Waals surface area (Å²) in [5.41, 5.74) is 0. The molecule has 0 fully saturated rings. The van der Waals surface area contributed by atoms with Crippen LogP contribution in [0.25, 0.3) is 0 Å². The monoisotopic (exact) mass is 268 g/mol. The van der Waals surface area contributed by atoms with Gasteiger partial charge >= 0.3 is 19.6 Å². The van der Waals surface area contributed by atoms with Crippen molar-refractivity contribution in [3.8, 4) is 0 Å². The first-order valence-corrected chi connectivity index (χ1v) is 7.88. The summed E-state index contributed by atoms with van der Waals surface area (Å²) in [6.07, 6.45) is 0. The molecule has 0 amide bonds. The number of carbonyl (C=O) groups is 3. The molecule has 0 radical (unpaired) electrons. The Balaban J connectivity index is 4.77. The summed E-state index contributed by atoms with van der Waals surface area (Å²) in [6, 6.07) is 0. The zero-order valence-electron chi connectivity index (χ0n) is 9.40. The normalized spacial score (nSPS) is 13.9. The van der Waals surface area contributed by atoms with Crippen LogP contribution in [0.1, 0.15) is 20.8 Å². The van der Waals surface area contributed by atoms with Crippen LogP contribution in [0, 0.1) is 0 Å². The van der Waals surface area contributed by atoms with Gasteiger partial charge in [-0.25, -0.2) is 0 Å². The van der Waals surface area contributed by atoms with Crippen LogP contribution < -0.4 is 0 Å². The molecule has 16 heavy (non-hydrogen) atoms. The van der Waals surface area contributed by atoms with Gasteiger partial charge in [0.1, 0.15) is 0 Å². The Morgan fingerprint density at radius 3 is 1.62 bits per heavy atom. The topological polar surface area (TPSA) is 78.9 Å². The maximum Gasteiger partial charge on any atom is 0.434 e. The summed E-state index contributed by atoms with van der Waals surface area (Å²) < 4.78 is 14.2. The van der Waals surface area contributed by atoms with Gasteiger partial charge in [0.05, 0.1) is 0 Å². The summed E-state index contributed by atoms with van der Waals surface area (Å²) >= 11 is 5.93. The molecule has 0 rings (SSSR count). The Kier molecular flexibility index (Phi) is 5.46. The molecule has 92 valence electrons. The third kappa shape index (κ3) is 5.71. The fourth-order valence-electron chi connectivity index (χ4n) is 0.865. The molecule has 0 saturated heterocycles. The Hall–Kier alpha value is -1.08. The van der Waals surface area contributed by atoms with E-state index in [9.17, 15) is 14.4 Å². The highest BCUT2D eigenvalue weighted by Crippen LogP contribution is 2.20. The summed E-state index contributed by atoms with van der Waals surface area (Å²) in [7, 11) is -3.28. The zero-order valence-corrected chi connectivity index (χ0v) is 11.2. The molecule has 0 heterocycles. The molecular formula is C8H13ClO6Si. The smallest absolute Gasteiger partial charge is 0.434 e. The average Bonchev–Trinajstić information content (AvgIpc) is 1.98. The maximum absolute atomic E-state index is 10.8. The predicted molar refractivity (Wildman–Crippen MR) is 56.6 cm³/mol. The Bertz CT molecular complexity index is 287. The molecule has 0 aliphatic carbocycles. The van der Waals surface area contributed by atoms with E-state index in [0.29, 0.717) is 0 Å². The molecule has 1 unspecified atom stereocenters. The van der Waals surface area contributed by atoms with Gasteiger partial charge in [0.2, 0.25) is 0 Å². The standard InChI is InChI=1S/C8H13ClO6Si/c1-5(10)13-8(14-6(2)11)16(4,9)15-7(3)12/h8H,1-4H3. The summed E-state index contributed by atoms with van der Waals surface area (Å²) in [6.45, 7) is 4.80. The van der Waals surface area contributed by atoms with E-state index in [1.54, 1.807) is 0 Å². The number of carbonyl (C=O) groups excluding carboxylic acids is 3. The van der Waals surface area contributed by atoms with Crippen molar-refractivity contribution in [3.05, 3.63) is 0 Å². The molecule has 0 N–H and O–H groups in total. The van der Waals surface area contributed by atoms with E-state index in [2.05, 4.69) is 0 Å². The fraction of sp³-hybridized carbons (Fsp3) is 0.625. The van der Waals surface area contributed by atoms with Gasteiger partial charge in [0.15, 0.2) is 0 Å². The molecule has 0 bridgehead atoms. The van der Waals surface area contributed by atoms with Crippen molar-refractivity contribution in [1.82, 2.24) is 0 Å². The minimum Gasteiger partial charge on any atom is -0.498 e. The molecule has 6 nitrogen and oxygen atoms in total. The predicted octanol–water partition coefficient (Wildman–Crippen LogP) is 0.852. The van der Waals surface area contributed by atoms with Gasteiger partial charge in [-0.1, -0.05) is 0 Å². The summed E-state index contributed by atoms with van der Waals surface area (Å²) in [5.74, 6) is -3.35. The Labute approximate surface area is 98.6 Å². The first-order chi connectivity index (χ1) is 7.15. The third-order valence-electron chi connectivity index (χ3n) is 1.31. The highest BCUT2D eigenvalue weighted by atomic mass is 35.6. The Morgan fingerprint density at radius 1 is 1.00 bits per heavy atom. The zero-order chi connectivity index (χ0) is 12.9. The molecule has 0 aliphatic rings. The number of halogens is 1. The van der Waals surface area contributed by atoms with Gasteiger partial charge in [-0.2, -0.15) is 0 Å². The minimum atomic E-state index is -3.28. The molecule has 8 heteroatoms. The second-order valence-corrected chi connectivity index (χ2v) is 8.03. The number of esters is 2. The van der Waals surface area contributed by atoms with Crippen LogP contribution in [0.2, 0.25) is 6.55 Å². The van der Waals surface area contributed by atoms with Crippen LogP contribution in [0.5, 0.6) is 0 Å². The van der Waals surface area contributed by atoms with E-state index in [4.69, 9.17) is 25.0 Å². The molecule has 0 aromatic rings. The lowest BCUT2D eigenvalue weighted by molar-refractivity contribution is -0.174. The summed E-state index contributed by atoms with van der Waals surface area (Å²) in [5, 5.41) is 0. The van der Waals surface area contributed by atoms with E-state index >= 15 is 0 Å². The molecule has 0 saturated carbocycles. The first-order valence-electron chi connectivity index (χ1n) is 4.38. The lowest BCUT2D eigenvalue weighted by atomic mass is 10.8. The molecule has 0 spiro atoms. The van der Waals surface area contributed by atoms with Crippen LogP contribution in [0.3, 0.4) is 0 Å². The number of rotatable bonds is 4. The van der Waals surface area contributed by atoms with Gasteiger partial charge in [0.25, 0.3) is 11.9 Å². The van der Waals surface area contributed by atoms with Crippen molar-refractivity contribution in [1.29, 1.82) is 0 Å².